The van der Waals surface area contributed by atoms with Crippen LogP contribution in [-0.4, -0.2) is 9.81 Å². The van der Waals surface area contributed by atoms with E-state index in [1.807, 2.05) is 29.7 Å². The van der Waals surface area contributed by atoms with Crippen LogP contribution in [0.4, 0.5) is 0 Å². The van der Waals surface area contributed by atoms with Gasteiger partial charge in [0.05, 0.1) is 6.42 Å². The summed E-state index contributed by atoms with van der Waals surface area (Å²) in [6.07, 6.45) is 2.56. The van der Waals surface area contributed by atoms with Gasteiger partial charge in [0.2, 0.25) is 5.24 Å². The smallest absolute Gasteiger partial charge is 0.226 e. The molecule has 0 saturated heterocycles. The summed E-state index contributed by atoms with van der Waals surface area (Å²) in [7, 11) is 0. The molecule has 2 aromatic rings. The summed E-state index contributed by atoms with van der Waals surface area (Å²) in [6.45, 7) is 3.96. The number of carbonyl (C=O) groups excluding carboxylic acids is 1. The largest absolute Gasteiger partial charge is 0.320 e. The van der Waals surface area contributed by atoms with Gasteiger partial charge in [0.15, 0.2) is 5.43 Å². The molecule has 0 fully saturated rings. The zero-order valence-corrected chi connectivity index (χ0v) is 12.3. The number of benzene rings is 1. The highest BCUT2D eigenvalue weighted by Crippen LogP contribution is 2.17. The van der Waals surface area contributed by atoms with E-state index < -0.39 is 5.24 Å². The Kier molecular flexibility index (Phi) is 4.40. The molecule has 0 amide bonds. The van der Waals surface area contributed by atoms with E-state index in [0.29, 0.717) is 5.56 Å². The van der Waals surface area contributed by atoms with Crippen molar-refractivity contribution >= 4 is 16.8 Å². The topological polar surface area (TPSA) is 39.1 Å². The molecule has 20 heavy (non-hydrogen) atoms. The van der Waals surface area contributed by atoms with Gasteiger partial charge in [-0.3, -0.25) is 9.59 Å². The molecule has 0 unspecified atom stereocenters. The van der Waals surface area contributed by atoms with Crippen LogP contribution in [0.15, 0.2) is 41.3 Å². The molecule has 0 saturated carbocycles. The van der Waals surface area contributed by atoms with Crippen LogP contribution in [0.1, 0.15) is 23.7 Å². The number of rotatable bonds is 4. The van der Waals surface area contributed by atoms with E-state index in [9.17, 15) is 9.59 Å². The highest BCUT2D eigenvalue weighted by Gasteiger charge is 2.10. The number of pyridine rings is 1. The highest BCUT2D eigenvalue weighted by atomic mass is 35.5. The number of halogens is 1. The van der Waals surface area contributed by atoms with Crippen LogP contribution in [0.25, 0.3) is 5.69 Å². The van der Waals surface area contributed by atoms with Crippen molar-refractivity contribution in [2.75, 3.05) is 0 Å². The summed E-state index contributed by atoms with van der Waals surface area (Å²) in [4.78, 5) is 22.9. The summed E-state index contributed by atoms with van der Waals surface area (Å²) < 4.78 is 1.94. The number of hydrogen-bond acceptors (Lipinski definition) is 2. The van der Waals surface area contributed by atoms with Crippen molar-refractivity contribution in [1.82, 2.24) is 4.57 Å². The van der Waals surface area contributed by atoms with Gasteiger partial charge in [-0.2, -0.15) is 0 Å². The molecule has 104 valence electrons. The van der Waals surface area contributed by atoms with E-state index in [2.05, 4.69) is 13.0 Å². The van der Waals surface area contributed by atoms with Gasteiger partial charge in [-0.1, -0.05) is 25.1 Å². The van der Waals surface area contributed by atoms with E-state index >= 15 is 0 Å². The zero-order chi connectivity index (χ0) is 14.7. The number of aryl methyl sites for hydroxylation is 2. The third kappa shape index (κ3) is 2.99. The van der Waals surface area contributed by atoms with Crippen molar-refractivity contribution in [3.63, 3.8) is 0 Å². The monoisotopic (exact) mass is 289 g/mol. The SMILES string of the molecule is CCc1ccccc1-n1cc(CC(=O)Cl)c(=O)cc1C. The van der Waals surface area contributed by atoms with Crippen LogP contribution in [0.3, 0.4) is 0 Å². The fraction of sp³-hybridized carbons (Fsp3) is 0.250. The molecule has 0 aliphatic heterocycles. The second-order valence-corrected chi connectivity index (χ2v) is 5.11. The fourth-order valence-corrected chi connectivity index (χ4v) is 2.40. The first-order valence-electron chi connectivity index (χ1n) is 6.51. The van der Waals surface area contributed by atoms with Crippen LogP contribution < -0.4 is 5.43 Å². The van der Waals surface area contributed by atoms with Crippen LogP contribution in [0, 0.1) is 6.92 Å². The van der Waals surface area contributed by atoms with Gasteiger partial charge >= 0.3 is 0 Å². The van der Waals surface area contributed by atoms with Crippen LogP contribution in [-0.2, 0) is 17.6 Å². The number of aromatic nitrogens is 1. The fourth-order valence-electron chi connectivity index (χ4n) is 2.26. The Morgan fingerprint density at radius 2 is 1.95 bits per heavy atom. The lowest BCUT2D eigenvalue weighted by Crippen LogP contribution is -2.16. The van der Waals surface area contributed by atoms with E-state index in [0.717, 1.165) is 17.8 Å². The average molecular weight is 290 g/mol. The Morgan fingerprint density at radius 1 is 1.25 bits per heavy atom. The zero-order valence-electron chi connectivity index (χ0n) is 11.5. The third-order valence-electron chi connectivity index (χ3n) is 3.28. The minimum absolute atomic E-state index is 0.0467. The molecule has 0 atom stereocenters. The summed E-state index contributed by atoms with van der Waals surface area (Å²) in [5.41, 5.74) is 3.31. The van der Waals surface area contributed by atoms with Crippen molar-refractivity contribution in [2.45, 2.75) is 26.7 Å². The molecule has 2 rings (SSSR count). The number of para-hydroxylation sites is 1. The Labute approximate surface area is 122 Å². The van der Waals surface area contributed by atoms with Gasteiger partial charge in [-0.15, -0.1) is 0 Å². The Bertz CT molecular complexity index is 704. The minimum atomic E-state index is -0.527. The number of carbonyl (C=O) groups is 1. The van der Waals surface area contributed by atoms with Gasteiger partial charge < -0.3 is 4.57 Å². The van der Waals surface area contributed by atoms with Crippen molar-refractivity contribution in [2.24, 2.45) is 0 Å². The third-order valence-corrected chi connectivity index (χ3v) is 3.42. The second-order valence-electron chi connectivity index (χ2n) is 4.69. The van der Waals surface area contributed by atoms with Crippen LogP contribution >= 0.6 is 11.6 Å². The molecular formula is C16H16ClNO2. The van der Waals surface area contributed by atoms with Gasteiger partial charge in [-0.25, -0.2) is 0 Å². The molecular weight excluding hydrogens is 274 g/mol. The Balaban J connectivity index is 2.62. The molecule has 1 heterocycles. The van der Waals surface area contributed by atoms with E-state index in [4.69, 9.17) is 11.6 Å². The molecule has 4 heteroatoms. The summed E-state index contributed by atoms with van der Waals surface area (Å²) >= 11 is 5.39. The Morgan fingerprint density at radius 3 is 2.60 bits per heavy atom. The standard InChI is InChI=1S/C16H16ClNO2/c1-3-12-6-4-5-7-14(12)18-10-13(9-16(17)20)15(19)8-11(18)2/h4-8,10H,3,9H2,1-2H3. The minimum Gasteiger partial charge on any atom is -0.320 e. The number of nitrogens with zero attached hydrogens (tertiary/aromatic N) is 1. The second kappa shape index (κ2) is 6.06. The van der Waals surface area contributed by atoms with E-state index in [1.165, 1.54) is 5.56 Å². The Hall–Kier alpha value is -1.87. The van der Waals surface area contributed by atoms with Gasteiger partial charge in [0, 0.05) is 29.2 Å². The normalized spacial score (nSPS) is 10.6. The van der Waals surface area contributed by atoms with Crippen molar-refractivity contribution < 1.29 is 4.79 Å². The summed E-state index contributed by atoms with van der Waals surface area (Å²) in [5, 5.41) is -0.527. The first kappa shape index (κ1) is 14.5. The predicted molar refractivity (Wildman–Crippen MR) is 80.7 cm³/mol. The van der Waals surface area contributed by atoms with Gasteiger partial charge in [0.1, 0.15) is 0 Å². The lowest BCUT2D eigenvalue weighted by molar-refractivity contribution is -0.111. The number of hydrogen-bond donors (Lipinski definition) is 0. The molecule has 0 bridgehead atoms. The van der Waals surface area contributed by atoms with Crippen molar-refractivity contribution in [1.29, 1.82) is 0 Å². The average Bonchev–Trinajstić information content (AvgIpc) is 2.41. The molecule has 1 aromatic carbocycles. The van der Waals surface area contributed by atoms with Crippen LogP contribution in [0.2, 0.25) is 0 Å². The first-order chi connectivity index (χ1) is 9.52. The molecule has 0 spiro atoms. The molecule has 0 aliphatic rings. The quantitative estimate of drug-likeness (QED) is 0.812. The summed E-state index contributed by atoms with van der Waals surface area (Å²) in [6, 6.07) is 9.55. The van der Waals surface area contributed by atoms with Gasteiger partial charge in [-0.05, 0) is 36.6 Å². The first-order valence-corrected chi connectivity index (χ1v) is 6.89. The summed E-state index contributed by atoms with van der Waals surface area (Å²) in [5.74, 6) is 0. The highest BCUT2D eigenvalue weighted by molar-refractivity contribution is 6.63. The molecule has 0 N–H and O–H groups in total. The maximum atomic E-state index is 11.9. The van der Waals surface area contributed by atoms with E-state index in [-0.39, 0.29) is 11.8 Å². The molecule has 1 aromatic heterocycles. The lowest BCUT2D eigenvalue weighted by Gasteiger charge is -2.15. The van der Waals surface area contributed by atoms with Crippen LogP contribution in [0.5, 0.6) is 0 Å². The van der Waals surface area contributed by atoms with E-state index in [1.54, 1.807) is 12.3 Å². The molecule has 0 aliphatic carbocycles. The lowest BCUT2D eigenvalue weighted by atomic mass is 10.1. The maximum Gasteiger partial charge on any atom is 0.226 e. The van der Waals surface area contributed by atoms with Crippen molar-refractivity contribution in [3.8, 4) is 5.69 Å². The molecule has 3 nitrogen and oxygen atoms in total. The maximum absolute atomic E-state index is 11.9. The predicted octanol–water partition coefficient (Wildman–Crippen LogP) is 3.02. The van der Waals surface area contributed by atoms with Crippen molar-refractivity contribution in [3.05, 3.63) is 63.6 Å². The van der Waals surface area contributed by atoms with Gasteiger partial charge in [0.25, 0.3) is 0 Å². The molecule has 0 radical (unpaired) electrons.